The molecule has 0 aliphatic carbocycles. The van der Waals surface area contributed by atoms with Crippen LogP contribution in [-0.2, 0) is 72.3 Å². The first kappa shape index (κ1) is 24.3. The average Bonchev–Trinajstić information content (AvgIpc) is 2.05. The number of aromatic nitrogens is 1. The van der Waals surface area contributed by atoms with Crippen molar-refractivity contribution in [3.8, 4) is 0 Å². The van der Waals surface area contributed by atoms with Crippen LogP contribution in [0.3, 0.4) is 0 Å². The number of Topliss-reactive ketones (excluding diaryl/α,β-unsaturated/α-hetero) is 1. The topological polar surface area (TPSA) is 30.0 Å². The van der Waals surface area contributed by atoms with E-state index in [4.69, 9.17) is 0 Å². The summed E-state index contributed by atoms with van der Waals surface area (Å²) in [5.41, 5.74) is 0.442. The molecule has 0 spiro atoms. The van der Waals surface area contributed by atoms with Gasteiger partial charge in [-0.05, 0) is 11.8 Å². The Hall–Kier alpha value is 1.07. The molecule has 0 atom stereocenters. The van der Waals surface area contributed by atoms with Gasteiger partial charge >= 0.3 is 0 Å². The second-order valence-corrected chi connectivity index (χ2v) is 1.78. The molecule has 1 aromatic heterocycles. The van der Waals surface area contributed by atoms with Crippen molar-refractivity contribution >= 4 is 5.78 Å². The molecule has 5 heteroatoms. The van der Waals surface area contributed by atoms with Crippen molar-refractivity contribution in [2.75, 3.05) is 0 Å². The molecule has 2 radical (unpaired) electrons. The molecule has 0 aliphatic heterocycles. The average molecular weight is 472 g/mol. The molecular formula is C9H10NOVWY-3. The maximum absolute atomic E-state index is 10.8. The van der Waals surface area contributed by atoms with E-state index in [0.29, 0.717) is 5.69 Å². The number of hydrogen-bond donors (Lipinski definition) is 0. The molecule has 1 heterocycles. The standard InChI is InChI=1S/C8H7NO.CH3.V.W.Y/c1-2-8(10)7-5-3-4-6-9-7;;;;/h2-6H,1H2;1H3;;;/q-2;-1;;;. The molecule has 74 valence electrons. The van der Waals surface area contributed by atoms with E-state index >= 15 is 0 Å². The number of carbonyl (C=O) groups is 1. The van der Waals surface area contributed by atoms with E-state index in [-0.39, 0.29) is 85.5 Å². The third-order valence-corrected chi connectivity index (χ3v) is 1.10. The van der Waals surface area contributed by atoms with Crippen molar-refractivity contribution in [1.29, 1.82) is 0 Å². The van der Waals surface area contributed by atoms with Gasteiger partial charge in [-0.25, -0.2) is 0 Å². The fourth-order valence-corrected chi connectivity index (χ4v) is 0.613. The largest absolute Gasteiger partial charge is 0.409 e. The van der Waals surface area contributed by atoms with Gasteiger partial charge in [0.1, 0.15) is 0 Å². The number of hydrogen-bond acceptors (Lipinski definition) is 2. The fraction of sp³-hybridized carbons (Fsp3) is 0. The van der Waals surface area contributed by atoms with Crippen molar-refractivity contribution < 1.29 is 77.1 Å². The van der Waals surface area contributed by atoms with E-state index in [1.165, 1.54) is 6.42 Å². The second kappa shape index (κ2) is 14.1. The van der Waals surface area contributed by atoms with Gasteiger partial charge in [-0.15, -0.1) is 6.07 Å². The first-order valence-corrected chi connectivity index (χ1v) is 2.92. The number of nitrogens with zero attached hydrogens (tertiary/aromatic N) is 1. The number of carbonyl (C=O) groups excluding carboxylic acids is 1. The Labute approximate surface area is 137 Å². The van der Waals surface area contributed by atoms with Crippen LogP contribution in [0.4, 0.5) is 0 Å². The Bertz CT molecular complexity index is 234. The van der Waals surface area contributed by atoms with Crippen LogP contribution < -0.4 is 0 Å². The van der Waals surface area contributed by atoms with Crippen molar-refractivity contribution in [3.05, 3.63) is 50.9 Å². The molecule has 0 unspecified atom stereocenters. The molecule has 1 aromatic rings. The van der Waals surface area contributed by atoms with Crippen LogP contribution in [0.5, 0.6) is 0 Å². The maximum atomic E-state index is 10.8. The molecule has 0 bridgehead atoms. The molecule has 0 aromatic carbocycles. The van der Waals surface area contributed by atoms with E-state index in [0.717, 1.165) is 0 Å². The molecule has 2 nitrogen and oxygen atoms in total. The third-order valence-electron chi connectivity index (χ3n) is 1.10. The zero-order chi connectivity index (χ0) is 7.40. The van der Waals surface area contributed by atoms with Gasteiger partial charge in [-0.3, -0.25) is 0 Å². The molecule has 14 heavy (non-hydrogen) atoms. The van der Waals surface area contributed by atoms with E-state index in [1.54, 1.807) is 24.4 Å². The summed E-state index contributed by atoms with van der Waals surface area (Å²) in [5, 5.41) is 0. The van der Waals surface area contributed by atoms with E-state index in [2.05, 4.69) is 11.9 Å². The van der Waals surface area contributed by atoms with Gasteiger partial charge in [0.2, 0.25) is 0 Å². The van der Waals surface area contributed by atoms with Gasteiger partial charge in [0.25, 0.3) is 0 Å². The zero-order valence-corrected chi connectivity index (χ0v) is 15.1. The van der Waals surface area contributed by atoms with Crippen LogP contribution in [-0.4, -0.2) is 10.8 Å². The number of pyridine rings is 1. The van der Waals surface area contributed by atoms with Gasteiger partial charge in [-0.2, -0.15) is 0 Å². The molecule has 1 rings (SSSR count). The van der Waals surface area contributed by atoms with Crippen molar-refractivity contribution in [1.82, 2.24) is 4.98 Å². The van der Waals surface area contributed by atoms with Gasteiger partial charge < -0.3 is 30.5 Å². The van der Waals surface area contributed by atoms with Crippen LogP contribution in [0.15, 0.2) is 24.4 Å². The molecule has 0 amide bonds. The summed E-state index contributed by atoms with van der Waals surface area (Å²) in [6, 6.07) is 5.19. The minimum absolute atomic E-state index is 0. The van der Waals surface area contributed by atoms with Crippen LogP contribution in [0.1, 0.15) is 10.5 Å². The van der Waals surface area contributed by atoms with E-state index < -0.39 is 0 Å². The molecule has 0 aliphatic rings. The Kier molecular flexibility index (Phi) is 24.5. The van der Waals surface area contributed by atoms with Crippen LogP contribution in [0, 0.1) is 20.8 Å². The van der Waals surface area contributed by atoms with Crippen molar-refractivity contribution in [3.63, 3.8) is 0 Å². The summed E-state index contributed by atoms with van der Waals surface area (Å²) in [6.45, 7) is 3.35. The number of rotatable bonds is 2. The summed E-state index contributed by atoms with van der Waals surface area (Å²) in [4.78, 5) is 14.7. The summed E-state index contributed by atoms with van der Waals surface area (Å²) in [7, 11) is 0. The summed E-state index contributed by atoms with van der Waals surface area (Å²) < 4.78 is 0. The van der Waals surface area contributed by atoms with Gasteiger partial charge in [0.15, 0.2) is 0 Å². The smallest absolute Gasteiger partial charge is 0.0121 e. The molecule has 0 saturated heterocycles. The first-order valence-electron chi connectivity index (χ1n) is 2.92. The zero-order valence-electron chi connectivity index (χ0n) is 7.88. The monoisotopic (exact) mass is 472 g/mol. The SMILES string of the molecule is [CH2-][CH-]C(=O)c1ccccn1.[CH3-].[V].[W].[Y]. The number of ketones is 1. The second-order valence-electron chi connectivity index (χ2n) is 1.78. The summed E-state index contributed by atoms with van der Waals surface area (Å²) in [6.07, 6.45) is 2.83. The predicted octanol–water partition coefficient (Wildman–Crippen LogP) is 1.75. The Morgan fingerprint density at radius 1 is 1.43 bits per heavy atom. The van der Waals surface area contributed by atoms with Crippen LogP contribution in [0.25, 0.3) is 0 Å². The predicted molar refractivity (Wildman–Crippen MR) is 44.6 cm³/mol. The van der Waals surface area contributed by atoms with Crippen LogP contribution in [0.2, 0.25) is 0 Å². The van der Waals surface area contributed by atoms with Gasteiger partial charge in [0.05, 0.1) is 0 Å². The maximum Gasteiger partial charge on any atom is 0.0121 e. The van der Waals surface area contributed by atoms with E-state index in [1.807, 2.05) is 0 Å². The van der Waals surface area contributed by atoms with Crippen LogP contribution >= 0.6 is 0 Å². The van der Waals surface area contributed by atoms with E-state index in [9.17, 15) is 4.79 Å². The van der Waals surface area contributed by atoms with Gasteiger partial charge in [-0.1, -0.05) is 6.07 Å². The minimum Gasteiger partial charge on any atom is -0.409 e. The first-order chi connectivity index (χ1) is 4.84. The van der Waals surface area contributed by atoms with Gasteiger partial charge in [0, 0.05) is 84.3 Å². The van der Waals surface area contributed by atoms with Crippen molar-refractivity contribution in [2.24, 2.45) is 0 Å². The Morgan fingerprint density at radius 2 is 2.00 bits per heavy atom. The fourth-order valence-electron chi connectivity index (χ4n) is 0.613. The molecular weight excluding hydrogens is 462 g/mol. The molecule has 0 N–H and O–H groups in total. The normalized spacial score (nSPS) is 6.36. The quantitative estimate of drug-likeness (QED) is 0.486. The third kappa shape index (κ3) is 8.38. The summed E-state index contributed by atoms with van der Waals surface area (Å²) in [5.74, 6) is -0.138. The Balaban J connectivity index is -0.000000125. The Morgan fingerprint density at radius 3 is 2.36 bits per heavy atom. The minimum atomic E-state index is -0.138. The molecule has 0 saturated carbocycles. The molecule has 0 fully saturated rings. The van der Waals surface area contributed by atoms with Crippen molar-refractivity contribution in [2.45, 2.75) is 0 Å². The summed E-state index contributed by atoms with van der Waals surface area (Å²) >= 11 is 0.